The molecule has 0 aromatic heterocycles. The Morgan fingerprint density at radius 2 is 1.27 bits per heavy atom. The molecule has 0 amide bonds. The Morgan fingerprint density at radius 1 is 0.769 bits per heavy atom. The Balaban J connectivity index is 0. The fraction of sp³-hybridized carbons (Fsp3) is 0.810. The van der Waals surface area contributed by atoms with E-state index in [1.807, 2.05) is 0 Å². The molecule has 0 fully saturated rings. The van der Waals surface area contributed by atoms with Gasteiger partial charge in [-0.15, -0.1) is 0 Å². The van der Waals surface area contributed by atoms with E-state index in [9.17, 15) is 9.59 Å². The van der Waals surface area contributed by atoms with Gasteiger partial charge in [0.15, 0.2) is 0 Å². The van der Waals surface area contributed by atoms with Crippen molar-refractivity contribution < 1.29 is 14.3 Å². The quantitative estimate of drug-likeness (QED) is 0.125. The zero-order valence-electron chi connectivity index (χ0n) is 17.5. The molecule has 0 aromatic carbocycles. The summed E-state index contributed by atoms with van der Waals surface area (Å²) in [6.07, 6.45) is 20.9. The van der Waals surface area contributed by atoms with Crippen LogP contribution in [0, 0.1) is 0 Å². The van der Waals surface area contributed by atoms with Crippen molar-refractivity contribution in [2.75, 3.05) is 13.6 Å². The molecule has 5 heteroatoms. The van der Waals surface area contributed by atoms with Crippen molar-refractivity contribution in [2.45, 2.75) is 96.8 Å². The Hall–Kier alpha value is 0.476. The molecule has 1 radical (unpaired) electrons. The Labute approximate surface area is 203 Å². The molecule has 26 heavy (non-hydrogen) atoms. The van der Waals surface area contributed by atoms with Crippen molar-refractivity contribution >= 4 is 63.3 Å². The molecule has 0 saturated carbocycles. The van der Waals surface area contributed by atoms with E-state index in [1.54, 1.807) is 7.05 Å². The van der Waals surface area contributed by atoms with Gasteiger partial charge >= 0.3 is 11.9 Å². The Bertz CT molecular complexity index is 359. The van der Waals surface area contributed by atoms with Crippen LogP contribution in [0.5, 0.6) is 0 Å². The van der Waals surface area contributed by atoms with Gasteiger partial charge in [0.25, 0.3) is 0 Å². The minimum absolute atomic E-state index is 0. The van der Waals surface area contributed by atoms with Gasteiger partial charge < -0.3 is 10.1 Å². The molecule has 0 heterocycles. The Kier molecular flexibility index (Phi) is 25.9. The average Bonchev–Trinajstić information content (AvgIpc) is 2.58. The monoisotopic (exact) mass is 392 g/mol. The van der Waals surface area contributed by atoms with Crippen LogP contribution >= 0.6 is 0 Å². The van der Waals surface area contributed by atoms with Crippen LogP contribution in [0.25, 0.3) is 0 Å². The number of allylic oxidation sites excluding steroid dienone is 2. The molecule has 0 aromatic rings. The van der Waals surface area contributed by atoms with Gasteiger partial charge in [0.2, 0.25) is 0 Å². The fourth-order valence-corrected chi connectivity index (χ4v) is 2.70. The normalized spacial score (nSPS) is 10.7. The summed E-state index contributed by atoms with van der Waals surface area (Å²) in [7, 11) is 1.65. The van der Waals surface area contributed by atoms with Crippen molar-refractivity contribution in [3.05, 3.63) is 12.2 Å². The average molecular weight is 393 g/mol. The van der Waals surface area contributed by atoms with E-state index in [2.05, 4.69) is 29.1 Å². The predicted octanol–water partition coefficient (Wildman–Crippen LogP) is 4.93. The van der Waals surface area contributed by atoms with Crippen molar-refractivity contribution in [1.82, 2.24) is 5.32 Å². The van der Waals surface area contributed by atoms with Gasteiger partial charge in [-0.05, 0) is 39.2 Å². The van der Waals surface area contributed by atoms with Crippen LogP contribution in [0.2, 0.25) is 0 Å². The van der Waals surface area contributed by atoms with Crippen LogP contribution in [0.4, 0.5) is 0 Å². The maximum atomic E-state index is 11.4. The molecule has 0 atom stereocenters. The summed E-state index contributed by atoms with van der Waals surface area (Å²) in [6.45, 7) is 2.34. The molecule has 0 aliphatic rings. The summed E-state index contributed by atoms with van der Waals surface area (Å²) in [5.41, 5.74) is 0. The third-order valence-electron chi connectivity index (χ3n) is 4.19. The van der Waals surface area contributed by atoms with Gasteiger partial charge in [0.05, 0.1) is 6.54 Å². The standard InChI is InChI=1S/C21H39NO3.K/c1-3-4-5-6-7-8-9-10-11-12-13-14-15-16-17-18-20(23)25-21(24)19-22-2;/h10-11,22H,3-9,12-19H2,1-2H3;/b11-10-;. The summed E-state index contributed by atoms with van der Waals surface area (Å²) in [5.74, 6) is -0.905. The largest absolute Gasteiger partial charge is 0.392 e. The van der Waals surface area contributed by atoms with Crippen molar-refractivity contribution in [3.63, 3.8) is 0 Å². The summed E-state index contributed by atoms with van der Waals surface area (Å²) in [4.78, 5) is 22.5. The van der Waals surface area contributed by atoms with E-state index in [0.717, 1.165) is 25.7 Å². The predicted molar refractivity (Wildman–Crippen MR) is 110 cm³/mol. The molecule has 147 valence electrons. The zero-order valence-corrected chi connectivity index (χ0v) is 20.6. The van der Waals surface area contributed by atoms with E-state index in [4.69, 9.17) is 0 Å². The molecular weight excluding hydrogens is 353 g/mol. The number of esters is 2. The van der Waals surface area contributed by atoms with E-state index in [0.29, 0.717) is 6.42 Å². The number of hydrogen-bond acceptors (Lipinski definition) is 4. The Morgan fingerprint density at radius 3 is 1.81 bits per heavy atom. The molecule has 0 aliphatic heterocycles. The fourth-order valence-electron chi connectivity index (χ4n) is 2.70. The van der Waals surface area contributed by atoms with Crippen molar-refractivity contribution in [1.29, 1.82) is 0 Å². The first-order valence-corrected chi connectivity index (χ1v) is 10.2. The SMILES string of the molecule is CCCCCCCC/C=C\CCCCCCCC(=O)OC(=O)CNC.[K]. The van der Waals surface area contributed by atoms with Gasteiger partial charge in [-0.25, -0.2) is 0 Å². The zero-order chi connectivity index (χ0) is 18.6. The van der Waals surface area contributed by atoms with Crippen LogP contribution in [0.15, 0.2) is 12.2 Å². The van der Waals surface area contributed by atoms with Crippen LogP contribution in [-0.2, 0) is 14.3 Å². The summed E-state index contributed by atoms with van der Waals surface area (Å²) in [6, 6.07) is 0. The van der Waals surface area contributed by atoms with Gasteiger partial charge in [-0.2, -0.15) is 0 Å². The molecule has 0 rings (SSSR count). The summed E-state index contributed by atoms with van der Waals surface area (Å²) < 4.78 is 4.66. The number of rotatable bonds is 17. The topological polar surface area (TPSA) is 55.4 Å². The summed E-state index contributed by atoms with van der Waals surface area (Å²) >= 11 is 0. The molecule has 4 nitrogen and oxygen atoms in total. The third kappa shape index (κ3) is 22.5. The maximum absolute atomic E-state index is 11.4. The number of ether oxygens (including phenoxy) is 1. The van der Waals surface area contributed by atoms with E-state index < -0.39 is 11.9 Å². The summed E-state index contributed by atoms with van der Waals surface area (Å²) in [5, 5.41) is 2.66. The molecule has 0 aliphatic carbocycles. The second-order valence-electron chi connectivity index (χ2n) is 6.71. The number of likely N-dealkylation sites (N-methyl/N-ethyl adjacent to an activating group) is 1. The first-order chi connectivity index (χ1) is 12.2. The van der Waals surface area contributed by atoms with Crippen molar-refractivity contribution in [3.8, 4) is 0 Å². The minimum Gasteiger partial charge on any atom is -0.392 e. The van der Waals surface area contributed by atoms with Gasteiger partial charge in [-0.1, -0.05) is 70.4 Å². The van der Waals surface area contributed by atoms with Gasteiger partial charge in [0.1, 0.15) is 0 Å². The number of hydrogen-bond donors (Lipinski definition) is 1. The number of nitrogens with one attached hydrogen (secondary N) is 1. The van der Waals surface area contributed by atoms with Crippen LogP contribution in [0.3, 0.4) is 0 Å². The number of carbonyl (C=O) groups is 2. The van der Waals surface area contributed by atoms with Crippen molar-refractivity contribution in [2.24, 2.45) is 0 Å². The minimum atomic E-state index is -0.500. The number of unbranched alkanes of at least 4 members (excludes halogenated alkanes) is 11. The van der Waals surface area contributed by atoms with Crippen LogP contribution in [-0.4, -0.2) is 76.9 Å². The first kappa shape index (κ1) is 28.7. The maximum Gasteiger partial charge on any atom is 0.327 e. The van der Waals surface area contributed by atoms with E-state index in [-0.39, 0.29) is 57.9 Å². The van der Waals surface area contributed by atoms with E-state index >= 15 is 0 Å². The third-order valence-corrected chi connectivity index (χ3v) is 4.19. The first-order valence-electron chi connectivity index (χ1n) is 10.2. The molecule has 1 N–H and O–H groups in total. The van der Waals surface area contributed by atoms with Crippen LogP contribution in [0.1, 0.15) is 96.8 Å². The van der Waals surface area contributed by atoms with Crippen LogP contribution < -0.4 is 5.32 Å². The smallest absolute Gasteiger partial charge is 0.327 e. The molecular formula is C21H39KNO3. The molecule has 0 bridgehead atoms. The molecule has 0 unspecified atom stereocenters. The van der Waals surface area contributed by atoms with E-state index in [1.165, 1.54) is 57.8 Å². The molecule has 0 spiro atoms. The van der Waals surface area contributed by atoms with Gasteiger partial charge in [-0.3, -0.25) is 9.59 Å². The molecule has 0 saturated heterocycles. The van der Waals surface area contributed by atoms with Gasteiger partial charge in [0, 0.05) is 57.8 Å². The second kappa shape index (κ2) is 23.5. The number of carbonyl (C=O) groups excluding carboxylic acids is 2. The second-order valence-corrected chi connectivity index (χ2v) is 6.71.